The first-order valence-electron chi connectivity index (χ1n) is 13.5. The van der Waals surface area contributed by atoms with Crippen molar-refractivity contribution in [3.05, 3.63) is 95.6 Å². The van der Waals surface area contributed by atoms with Gasteiger partial charge in [-0.3, -0.25) is 14.5 Å². The standard InChI is InChI=1S/C32H34N4O3S/c1-5-22(3)33-27(37)19-35-28(38)20-40-31(25-13-9-10-14-26(25)39-4)29-30(23-11-7-6-8-12-23)34-36(32(29)35)24-17-15-21(2)16-18-24/h6-18,22,31H,5,19-20H2,1-4H3,(H,33,37)/t22-,31+/m1/s1. The van der Waals surface area contributed by atoms with E-state index in [2.05, 4.69) is 5.32 Å². The smallest absolute Gasteiger partial charge is 0.240 e. The average molecular weight is 555 g/mol. The minimum atomic E-state index is -0.257. The van der Waals surface area contributed by atoms with E-state index in [-0.39, 0.29) is 35.4 Å². The van der Waals surface area contributed by atoms with Crippen molar-refractivity contribution in [2.75, 3.05) is 24.3 Å². The summed E-state index contributed by atoms with van der Waals surface area (Å²) in [6.45, 7) is 5.92. The zero-order valence-electron chi connectivity index (χ0n) is 23.3. The number of ether oxygens (including phenoxy) is 1. The topological polar surface area (TPSA) is 76.5 Å². The molecule has 0 spiro atoms. The summed E-state index contributed by atoms with van der Waals surface area (Å²) in [5.74, 6) is 1.20. The molecule has 4 aromatic rings. The lowest BCUT2D eigenvalue weighted by atomic mass is 9.99. The summed E-state index contributed by atoms with van der Waals surface area (Å²) in [4.78, 5) is 28.6. The Bertz CT molecular complexity index is 1500. The molecule has 2 atom stereocenters. The molecule has 3 aromatic carbocycles. The van der Waals surface area contributed by atoms with Gasteiger partial charge in [0.1, 0.15) is 18.1 Å². The van der Waals surface area contributed by atoms with E-state index in [0.717, 1.165) is 45.8 Å². The molecule has 0 saturated heterocycles. The number of carbonyl (C=O) groups excluding carboxylic acids is 2. The van der Waals surface area contributed by atoms with E-state index in [0.29, 0.717) is 5.82 Å². The van der Waals surface area contributed by atoms with Crippen LogP contribution in [-0.2, 0) is 9.59 Å². The van der Waals surface area contributed by atoms with E-state index in [1.54, 1.807) is 12.0 Å². The second-order valence-electron chi connectivity index (χ2n) is 9.99. The fraction of sp³-hybridized carbons (Fsp3) is 0.281. The highest BCUT2D eigenvalue weighted by Gasteiger charge is 2.38. The number of nitrogens with one attached hydrogen (secondary N) is 1. The molecule has 1 N–H and O–H groups in total. The van der Waals surface area contributed by atoms with Gasteiger partial charge in [-0.25, -0.2) is 4.68 Å². The fourth-order valence-electron chi connectivity index (χ4n) is 4.89. The van der Waals surface area contributed by atoms with Gasteiger partial charge in [-0.15, -0.1) is 11.8 Å². The number of thioether (sulfide) groups is 1. The molecule has 2 amide bonds. The lowest BCUT2D eigenvalue weighted by molar-refractivity contribution is -0.123. The molecule has 2 heterocycles. The van der Waals surface area contributed by atoms with Crippen LogP contribution in [0.3, 0.4) is 0 Å². The van der Waals surface area contributed by atoms with Gasteiger partial charge >= 0.3 is 0 Å². The SMILES string of the molecule is CC[C@@H](C)NC(=O)CN1C(=O)CS[C@@H](c2ccccc2OC)c2c(-c3ccccc3)nn(-c3ccc(C)cc3)c21. The number of anilines is 1. The van der Waals surface area contributed by atoms with E-state index in [9.17, 15) is 9.59 Å². The first kappa shape index (κ1) is 27.5. The largest absolute Gasteiger partial charge is 0.496 e. The van der Waals surface area contributed by atoms with E-state index in [1.165, 1.54) is 11.8 Å². The van der Waals surface area contributed by atoms with Gasteiger partial charge in [-0.05, 0) is 38.5 Å². The van der Waals surface area contributed by atoms with Crippen molar-refractivity contribution in [3.63, 3.8) is 0 Å². The third kappa shape index (κ3) is 5.49. The molecule has 0 fully saturated rings. The van der Waals surface area contributed by atoms with Crippen LogP contribution in [0, 0.1) is 6.92 Å². The van der Waals surface area contributed by atoms with E-state index < -0.39 is 0 Å². The summed E-state index contributed by atoms with van der Waals surface area (Å²) < 4.78 is 7.60. The Morgan fingerprint density at radius 2 is 1.77 bits per heavy atom. The maximum Gasteiger partial charge on any atom is 0.240 e. The Morgan fingerprint density at radius 1 is 1.07 bits per heavy atom. The maximum atomic E-state index is 13.8. The van der Waals surface area contributed by atoms with Crippen LogP contribution in [0.15, 0.2) is 78.9 Å². The summed E-state index contributed by atoms with van der Waals surface area (Å²) in [6.07, 6.45) is 0.802. The molecule has 1 aromatic heterocycles. The Kier molecular flexibility index (Phi) is 8.26. The predicted molar refractivity (Wildman–Crippen MR) is 161 cm³/mol. The van der Waals surface area contributed by atoms with Crippen molar-refractivity contribution in [3.8, 4) is 22.7 Å². The number of methoxy groups -OCH3 is 1. The lowest BCUT2D eigenvalue weighted by Crippen LogP contribution is -2.44. The lowest BCUT2D eigenvalue weighted by Gasteiger charge is -2.24. The number of rotatable bonds is 8. The quantitative estimate of drug-likeness (QED) is 0.292. The molecule has 1 aliphatic heterocycles. The minimum Gasteiger partial charge on any atom is -0.496 e. The molecule has 0 bridgehead atoms. The zero-order valence-corrected chi connectivity index (χ0v) is 24.1. The number of amides is 2. The van der Waals surface area contributed by atoms with Crippen molar-refractivity contribution < 1.29 is 14.3 Å². The molecule has 40 heavy (non-hydrogen) atoms. The van der Waals surface area contributed by atoms with Crippen LogP contribution in [-0.4, -0.2) is 47.0 Å². The fourth-order valence-corrected chi connectivity index (χ4v) is 6.11. The number of carbonyl (C=O) groups is 2. The molecule has 0 saturated carbocycles. The highest BCUT2D eigenvalue weighted by Crippen LogP contribution is 2.50. The van der Waals surface area contributed by atoms with Crippen molar-refractivity contribution in [2.45, 2.75) is 38.5 Å². The number of para-hydroxylation sites is 1. The van der Waals surface area contributed by atoms with Gasteiger partial charge in [0.05, 0.1) is 29.5 Å². The van der Waals surface area contributed by atoms with Gasteiger partial charge in [0, 0.05) is 22.7 Å². The number of hydrogen-bond acceptors (Lipinski definition) is 5. The molecule has 8 heteroatoms. The highest BCUT2D eigenvalue weighted by atomic mass is 32.2. The normalized spacial score (nSPS) is 15.8. The monoisotopic (exact) mass is 554 g/mol. The van der Waals surface area contributed by atoms with Crippen LogP contribution in [0.5, 0.6) is 5.75 Å². The van der Waals surface area contributed by atoms with Crippen LogP contribution in [0.4, 0.5) is 5.82 Å². The van der Waals surface area contributed by atoms with E-state index >= 15 is 0 Å². The highest BCUT2D eigenvalue weighted by molar-refractivity contribution is 8.00. The molecule has 0 radical (unpaired) electrons. The van der Waals surface area contributed by atoms with Gasteiger partial charge in [0.2, 0.25) is 11.8 Å². The second kappa shape index (κ2) is 12.0. The summed E-state index contributed by atoms with van der Waals surface area (Å²) in [6, 6.07) is 25.9. The Morgan fingerprint density at radius 3 is 2.48 bits per heavy atom. The first-order valence-corrected chi connectivity index (χ1v) is 14.6. The van der Waals surface area contributed by atoms with Crippen molar-refractivity contribution in [1.82, 2.24) is 15.1 Å². The van der Waals surface area contributed by atoms with Crippen molar-refractivity contribution >= 4 is 29.4 Å². The summed E-state index contributed by atoms with van der Waals surface area (Å²) in [7, 11) is 1.66. The van der Waals surface area contributed by atoms with Gasteiger partial charge in [0.15, 0.2) is 0 Å². The van der Waals surface area contributed by atoms with Crippen LogP contribution >= 0.6 is 11.8 Å². The summed E-state index contributed by atoms with van der Waals surface area (Å²) >= 11 is 1.53. The molecule has 206 valence electrons. The number of fused-ring (bicyclic) bond motifs is 1. The number of aryl methyl sites for hydroxylation is 1. The summed E-state index contributed by atoms with van der Waals surface area (Å²) in [5.41, 5.74) is 5.47. The minimum absolute atomic E-state index is 0.00615. The van der Waals surface area contributed by atoms with Crippen LogP contribution in [0.2, 0.25) is 0 Å². The number of benzene rings is 3. The molecule has 0 unspecified atom stereocenters. The molecular formula is C32H34N4O3S. The molecular weight excluding hydrogens is 520 g/mol. The van der Waals surface area contributed by atoms with Crippen LogP contribution in [0.25, 0.3) is 16.9 Å². The summed E-state index contributed by atoms with van der Waals surface area (Å²) in [5, 5.41) is 7.91. The Labute approximate surface area is 239 Å². The van der Waals surface area contributed by atoms with E-state index in [4.69, 9.17) is 9.84 Å². The van der Waals surface area contributed by atoms with Crippen LogP contribution in [0.1, 0.15) is 42.2 Å². The van der Waals surface area contributed by atoms with Gasteiger partial charge in [-0.2, -0.15) is 5.10 Å². The molecule has 1 aliphatic rings. The molecule has 0 aliphatic carbocycles. The predicted octanol–water partition coefficient (Wildman–Crippen LogP) is 5.94. The second-order valence-corrected chi connectivity index (χ2v) is 11.1. The number of nitrogens with zero attached hydrogens (tertiary/aromatic N) is 3. The Hall–Kier alpha value is -4.04. The van der Waals surface area contributed by atoms with Crippen LogP contribution < -0.4 is 15.0 Å². The molecule has 7 nitrogen and oxygen atoms in total. The number of aromatic nitrogens is 2. The molecule has 5 rings (SSSR count). The third-order valence-corrected chi connectivity index (χ3v) is 8.39. The van der Waals surface area contributed by atoms with Crippen molar-refractivity contribution in [1.29, 1.82) is 0 Å². The Balaban J connectivity index is 1.79. The first-order chi connectivity index (χ1) is 19.4. The third-order valence-electron chi connectivity index (χ3n) is 7.16. The average Bonchev–Trinajstić information content (AvgIpc) is 3.30. The van der Waals surface area contributed by atoms with Crippen molar-refractivity contribution in [2.24, 2.45) is 0 Å². The van der Waals surface area contributed by atoms with E-state index in [1.807, 2.05) is 104 Å². The van der Waals surface area contributed by atoms with Gasteiger partial charge < -0.3 is 10.1 Å². The van der Waals surface area contributed by atoms with Gasteiger partial charge in [0.25, 0.3) is 0 Å². The maximum absolute atomic E-state index is 13.8. The number of hydrogen-bond donors (Lipinski definition) is 1. The van der Waals surface area contributed by atoms with Gasteiger partial charge in [-0.1, -0.05) is 73.2 Å². The zero-order chi connectivity index (χ0) is 28.2.